The zero-order valence-corrected chi connectivity index (χ0v) is 12.5. The van der Waals surface area contributed by atoms with Gasteiger partial charge in [0.15, 0.2) is 0 Å². The molecule has 1 aliphatic carbocycles. The molecular formula is C12H15Cl2NO3S. The number of benzene rings is 1. The molecule has 0 amide bonds. The molecular weight excluding hydrogens is 309 g/mol. The first-order chi connectivity index (χ1) is 8.90. The van der Waals surface area contributed by atoms with E-state index in [0.29, 0.717) is 17.9 Å². The van der Waals surface area contributed by atoms with Crippen LogP contribution in [-0.2, 0) is 10.0 Å². The summed E-state index contributed by atoms with van der Waals surface area (Å²) in [5.41, 5.74) is 0. The van der Waals surface area contributed by atoms with Crippen molar-refractivity contribution in [1.29, 1.82) is 0 Å². The van der Waals surface area contributed by atoms with Gasteiger partial charge in [0.1, 0.15) is 4.90 Å². The summed E-state index contributed by atoms with van der Waals surface area (Å²) in [6.45, 7) is 0. The number of nitrogens with one attached hydrogen (secondary N) is 1. The molecule has 2 N–H and O–H groups in total. The molecule has 0 unspecified atom stereocenters. The van der Waals surface area contributed by atoms with Gasteiger partial charge in [-0.2, -0.15) is 0 Å². The lowest BCUT2D eigenvalue weighted by Gasteiger charge is -2.28. The van der Waals surface area contributed by atoms with E-state index in [-0.39, 0.29) is 9.92 Å². The van der Waals surface area contributed by atoms with E-state index < -0.39 is 22.2 Å². The number of aliphatic hydroxyl groups excluding tert-OH is 1. The van der Waals surface area contributed by atoms with Crippen molar-refractivity contribution in [2.45, 2.75) is 42.7 Å². The van der Waals surface area contributed by atoms with Crippen molar-refractivity contribution in [3.63, 3.8) is 0 Å². The largest absolute Gasteiger partial charge is 0.391 e. The predicted octanol–water partition coefficient (Wildman–Crippen LogP) is 2.58. The van der Waals surface area contributed by atoms with Crippen molar-refractivity contribution in [1.82, 2.24) is 4.72 Å². The second-order valence-electron chi connectivity index (χ2n) is 4.65. The lowest BCUT2D eigenvalue weighted by molar-refractivity contribution is 0.101. The molecule has 0 heterocycles. The van der Waals surface area contributed by atoms with E-state index in [0.717, 1.165) is 12.8 Å². The number of aliphatic hydroxyl groups is 1. The van der Waals surface area contributed by atoms with E-state index in [1.807, 2.05) is 0 Å². The Morgan fingerprint density at radius 3 is 2.53 bits per heavy atom. The normalized spacial score (nSPS) is 24.4. The molecule has 1 fully saturated rings. The highest BCUT2D eigenvalue weighted by atomic mass is 35.5. The monoisotopic (exact) mass is 323 g/mol. The van der Waals surface area contributed by atoms with Gasteiger partial charge < -0.3 is 5.11 Å². The Morgan fingerprint density at radius 1 is 1.21 bits per heavy atom. The summed E-state index contributed by atoms with van der Waals surface area (Å²) in [6.07, 6.45) is 2.42. The van der Waals surface area contributed by atoms with Crippen LogP contribution in [0.5, 0.6) is 0 Å². The Labute approximate surface area is 122 Å². The minimum Gasteiger partial charge on any atom is -0.391 e. The van der Waals surface area contributed by atoms with Gasteiger partial charge in [0.2, 0.25) is 10.0 Å². The Bertz CT molecular complexity index is 562. The average Bonchev–Trinajstić information content (AvgIpc) is 2.31. The Hall–Kier alpha value is -0.330. The van der Waals surface area contributed by atoms with E-state index in [9.17, 15) is 13.5 Å². The molecule has 106 valence electrons. The molecule has 1 aromatic rings. The van der Waals surface area contributed by atoms with Gasteiger partial charge in [0.05, 0.1) is 11.1 Å². The van der Waals surface area contributed by atoms with Gasteiger partial charge in [0.25, 0.3) is 0 Å². The van der Waals surface area contributed by atoms with Gasteiger partial charge in [-0.05, 0) is 31.0 Å². The maximum Gasteiger partial charge on any atom is 0.242 e. The highest BCUT2D eigenvalue weighted by Gasteiger charge is 2.29. The van der Waals surface area contributed by atoms with Crippen LogP contribution in [0.4, 0.5) is 0 Å². The van der Waals surface area contributed by atoms with Crippen LogP contribution in [0.25, 0.3) is 0 Å². The van der Waals surface area contributed by atoms with Crippen LogP contribution in [0.1, 0.15) is 25.7 Å². The molecule has 1 aromatic carbocycles. The second kappa shape index (κ2) is 5.97. The summed E-state index contributed by atoms with van der Waals surface area (Å²) in [6, 6.07) is 3.77. The molecule has 7 heteroatoms. The third-order valence-corrected chi connectivity index (χ3v) is 5.43. The molecule has 0 spiro atoms. The van der Waals surface area contributed by atoms with E-state index in [1.54, 1.807) is 0 Å². The van der Waals surface area contributed by atoms with Crippen LogP contribution in [0.3, 0.4) is 0 Å². The molecule has 2 rings (SSSR count). The smallest absolute Gasteiger partial charge is 0.242 e. The first kappa shape index (κ1) is 15.1. The lowest BCUT2D eigenvalue weighted by Crippen LogP contribution is -2.45. The van der Waals surface area contributed by atoms with Crippen molar-refractivity contribution in [2.75, 3.05) is 0 Å². The van der Waals surface area contributed by atoms with E-state index in [2.05, 4.69) is 4.72 Å². The molecule has 1 aliphatic rings. The quantitative estimate of drug-likeness (QED) is 0.898. The highest BCUT2D eigenvalue weighted by molar-refractivity contribution is 7.89. The molecule has 1 saturated carbocycles. The van der Waals surface area contributed by atoms with E-state index in [1.165, 1.54) is 18.2 Å². The molecule has 0 bridgehead atoms. The van der Waals surface area contributed by atoms with Gasteiger partial charge >= 0.3 is 0 Å². The van der Waals surface area contributed by atoms with Crippen LogP contribution in [0.2, 0.25) is 10.0 Å². The van der Waals surface area contributed by atoms with E-state index in [4.69, 9.17) is 23.2 Å². The van der Waals surface area contributed by atoms with Crippen LogP contribution >= 0.6 is 23.2 Å². The molecule has 0 radical (unpaired) electrons. The maximum absolute atomic E-state index is 12.2. The lowest BCUT2D eigenvalue weighted by atomic mass is 9.93. The van der Waals surface area contributed by atoms with Gasteiger partial charge in [-0.1, -0.05) is 36.0 Å². The summed E-state index contributed by atoms with van der Waals surface area (Å²) in [5.74, 6) is 0. The fourth-order valence-corrected chi connectivity index (χ4v) is 4.28. The van der Waals surface area contributed by atoms with Gasteiger partial charge in [-0.3, -0.25) is 0 Å². The van der Waals surface area contributed by atoms with Crippen molar-refractivity contribution in [3.8, 4) is 0 Å². The number of sulfonamides is 1. The van der Waals surface area contributed by atoms with Crippen molar-refractivity contribution in [3.05, 3.63) is 28.2 Å². The maximum atomic E-state index is 12.2. The first-order valence-corrected chi connectivity index (χ1v) is 8.29. The molecule has 2 atom stereocenters. The minimum absolute atomic E-state index is 0.0173. The number of hydrogen-bond acceptors (Lipinski definition) is 3. The van der Waals surface area contributed by atoms with Crippen molar-refractivity contribution in [2.24, 2.45) is 0 Å². The third kappa shape index (κ3) is 3.61. The molecule has 4 nitrogen and oxygen atoms in total. The van der Waals surface area contributed by atoms with Crippen molar-refractivity contribution >= 4 is 33.2 Å². The number of rotatable bonds is 3. The van der Waals surface area contributed by atoms with E-state index >= 15 is 0 Å². The zero-order chi connectivity index (χ0) is 14.0. The predicted molar refractivity (Wildman–Crippen MR) is 75.0 cm³/mol. The summed E-state index contributed by atoms with van der Waals surface area (Å²) < 4.78 is 27.0. The standard InChI is InChI=1S/C12H15Cl2NO3S/c13-8-5-6-12(9(14)7-8)19(17,18)15-10-3-1-2-4-11(10)16/h5-7,10-11,15-16H,1-4H2/t10-,11+/m1/s1. The molecule has 19 heavy (non-hydrogen) atoms. The molecule has 0 saturated heterocycles. The van der Waals surface area contributed by atoms with Gasteiger partial charge in [-0.25, -0.2) is 13.1 Å². The minimum atomic E-state index is -3.74. The summed E-state index contributed by atoms with van der Waals surface area (Å²) in [5, 5.41) is 10.3. The number of halogens is 2. The van der Waals surface area contributed by atoms with Crippen LogP contribution < -0.4 is 4.72 Å². The van der Waals surface area contributed by atoms with Crippen LogP contribution in [0.15, 0.2) is 23.1 Å². The Balaban J connectivity index is 2.22. The topological polar surface area (TPSA) is 66.4 Å². The third-order valence-electron chi connectivity index (χ3n) is 3.22. The summed E-state index contributed by atoms with van der Waals surface area (Å²) >= 11 is 11.6. The van der Waals surface area contributed by atoms with Gasteiger partial charge in [-0.15, -0.1) is 0 Å². The molecule has 0 aromatic heterocycles. The zero-order valence-electron chi connectivity index (χ0n) is 10.1. The SMILES string of the molecule is O=S(=O)(N[C@@H]1CCCC[C@@H]1O)c1ccc(Cl)cc1Cl. The first-order valence-electron chi connectivity index (χ1n) is 6.05. The molecule has 0 aliphatic heterocycles. The summed E-state index contributed by atoms with van der Waals surface area (Å²) in [4.78, 5) is -0.0173. The van der Waals surface area contributed by atoms with Gasteiger partial charge in [0, 0.05) is 11.1 Å². The van der Waals surface area contributed by atoms with Crippen molar-refractivity contribution < 1.29 is 13.5 Å². The highest BCUT2D eigenvalue weighted by Crippen LogP contribution is 2.26. The fourth-order valence-electron chi connectivity index (χ4n) is 2.20. The summed E-state index contributed by atoms with van der Waals surface area (Å²) in [7, 11) is -3.74. The average molecular weight is 324 g/mol. The van der Waals surface area contributed by atoms with Crippen LogP contribution in [0, 0.1) is 0 Å². The second-order valence-corrected chi connectivity index (χ2v) is 7.18. The van der Waals surface area contributed by atoms with Crippen LogP contribution in [-0.4, -0.2) is 25.7 Å². The Kier molecular flexibility index (Phi) is 4.74. The fraction of sp³-hybridized carbons (Fsp3) is 0.500. The Morgan fingerprint density at radius 2 is 1.89 bits per heavy atom. The number of hydrogen-bond donors (Lipinski definition) is 2.